The molecule has 0 radical (unpaired) electrons. The van der Waals surface area contributed by atoms with Crippen molar-refractivity contribution in [3.63, 3.8) is 0 Å². The third-order valence-corrected chi connectivity index (χ3v) is 7.58. The molecule has 0 bridgehead atoms. The third-order valence-electron chi connectivity index (χ3n) is 7.58. The van der Waals surface area contributed by atoms with Crippen molar-refractivity contribution < 1.29 is 43.1 Å². The van der Waals surface area contributed by atoms with Gasteiger partial charge in [0.25, 0.3) is 0 Å². The monoisotopic (exact) mass is 520 g/mol. The van der Waals surface area contributed by atoms with Gasteiger partial charge in [0.05, 0.1) is 19.8 Å². The second-order valence-electron chi connectivity index (χ2n) is 9.77. The quantitative estimate of drug-likeness (QED) is 0.492. The van der Waals surface area contributed by atoms with Crippen LogP contribution in [0, 0.1) is 5.92 Å². The predicted octanol–water partition coefficient (Wildman–Crippen LogP) is 4.67. The first kappa shape index (κ1) is 24.2. The molecule has 0 unspecified atom stereocenters. The van der Waals surface area contributed by atoms with Crippen LogP contribution in [0.15, 0.2) is 42.5 Å². The van der Waals surface area contributed by atoms with E-state index < -0.39 is 17.7 Å². The molecular formula is C29H28O9. The van der Waals surface area contributed by atoms with Crippen molar-refractivity contribution in [2.24, 2.45) is 5.92 Å². The van der Waals surface area contributed by atoms with Crippen LogP contribution in [0.4, 0.5) is 0 Å². The summed E-state index contributed by atoms with van der Waals surface area (Å²) in [4.78, 5) is 13.3. The summed E-state index contributed by atoms with van der Waals surface area (Å²) in [6.07, 6.45) is -0.668. The van der Waals surface area contributed by atoms with Crippen molar-refractivity contribution in [3.05, 3.63) is 59.2 Å². The normalized spacial score (nSPS) is 22.6. The Labute approximate surface area is 219 Å². The summed E-state index contributed by atoms with van der Waals surface area (Å²) >= 11 is 0. The maximum Gasteiger partial charge on any atom is 0.338 e. The van der Waals surface area contributed by atoms with Gasteiger partial charge in [-0.25, -0.2) is 4.79 Å². The molecule has 0 spiro atoms. The third kappa shape index (κ3) is 3.60. The Morgan fingerprint density at radius 3 is 2.16 bits per heavy atom. The Bertz CT molecular complexity index is 1410. The Balaban J connectivity index is 1.66. The van der Waals surface area contributed by atoms with Gasteiger partial charge in [0.15, 0.2) is 29.1 Å². The number of carbonyl (C=O) groups excluding carboxylic acids is 1. The highest BCUT2D eigenvalue weighted by Crippen LogP contribution is 2.59. The van der Waals surface area contributed by atoms with Crippen LogP contribution in [-0.4, -0.2) is 44.5 Å². The number of hydrogen-bond acceptors (Lipinski definition) is 9. The van der Waals surface area contributed by atoms with E-state index in [1.165, 1.54) is 7.11 Å². The Kier molecular flexibility index (Phi) is 5.75. The van der Waals surface area contributed by atoms with Crippen LogP contribution in [-0.2, 0) is 11.2 Å². The summed E-state index contributed by atoms with van der Waals surface area (Å²) in [7, 11) is 3.09. The number of methoxy groups -OCH3 is 2. The fraction of sp³-hybridized carbons (Fsp3) is 0.345. The summed E-state index contributed by atoms with van der Waals surface area (Å²) in [6.45, 7) is 3.65. The molecule has 9 heteroatoms. The maximum absolute atomic E-state index is 13.3. The molecule has 1 N–H and O–H groups in total. The number of benzene rings is 3. The van der Waals surface area contributed by atoms with Crippen molar-refractivity contribution in [2.45, 2.75) is 32.0 Å². The molecule has 0 saturated heterocycles. The highest BCUT2D eigenvalue weighted by molar-refractivity contribution is 5.91. The smallest absolute Gasteiger partial charge is 0.338 e. The van der Waals surface area contributed by atoms with Gasteiger partial charge >= 0.3 is 5.97 Å². The second-order valence-corrected chi connectivity index (χ2v) is 9.77. The fourth-order valence-corrected chi connectivity index (χ4v) is 5.43. The van der Waals surface area contributed by atoms with Gasteiger partial charge in [-0.1, -0.05) is 25.1 Å². The van der Waals surface area contributed by atoms with Crippen molar-refractivity contribution in [2.75, 3.05) is 27.8 Å². The Morgan fingerprint density at radius 1 is 0.921 bits per heavy atom. The average Bonchev–Trinajstić information content (AvgIpc) is 3.59. The number of carbonyl (C=O) groups is 1. The first-order chi connectivity index (χ1) is 18.3. The van der Waals surface area contributed by atoms with Gasteiger partial charge in [-0.2, -0.15) is 0 Å². The minimum absolute atomic E-state index is 0.000975. The van der Waals surface area contributed by atoms with Crippen LogP contribution < -0.4 is 28.4 Å². The molecule has 198 valence electrons. The number of rotatable bonds is 4. The lowest BCUT2D eigenvalue weighted by atomic mass is 9.73. The van der Waals surface area contributed by atoms with Gasteiger partial charge < -0.3 is 38.3 Å². The molecule has 38 heavy (non-hydrogen) atoms. The molecule has 6 rings (SSSR count). The lowest BCUT2D eigenvalue weighted by molar-refractivity contribution is -0.107. The summed E-state index contributed by atoms with van der Waals surface area (Å²) < 4.78 is 40.9. The molecule has 1 aliphatic carbocycles. The molecule has 3 atom stereocenters. The number of fused-ring (bicyclic) bond motifs is 5. The van der Waals surface area contributed by atoms with Gasteiger partial charge in [-0.3, -0.25) is 0 Å². The SMILES string of the molecule is COc1c2c(cc3c1-c1c(cc4c(c1OC)OCO4)[C@H](OC(=O)c1ccccc1)[C@@](C)(O)[C@H](C)C3)OCO2. The van der Waals surface area contributed by atoms with Crippen molar-refractivity contribution in [3.8, 4) is 45.6 Å². The average molecular weight is 521 g/mol. The minimum atomic E-state index is -1.49. The van der Waals surface area contributed by atoms with Crippen molar-refractivity contribution in [1.29, 1.82) is 0 Å². The van der Waals surface area contributed by atoms with E-state index in [2.05, 4.69) is 0 Å². The van der Waals surface area contributed by atoms with E-state index in [0.29, 0.717) is 63.2 Å². The van der Waals surface area contributed by atoms with Crippen molar-refractivity contribution >= 4 is 5.97 Å². The standard InChI is InChI=1S/C29H28O9/c1-15-10-17-11-19-23(36-13-34-19)25(32-3)21(17)22-18(12-20-24(26(22)33-4)37-14-35-20)27(29(15,2)31)38-28(30)16-8-6-5-7-9-16/h5-9,11-12,15,27,31H,10,13-14H2,1-4H3/t15-,27+,29+/m1/s1. The van der Waals surface area contributed by atoms with Gasteiger partial charge in [0.1, 0.15) is 5.60 Å². The zero-order chi connectivity index (χ0) is 26.6. The Hall–Kier alpha value is -4.11. The molecule has 2 heterocycles. The molecule has 3 aromatic carbocycles. The summed E-state index contributed by atoms with van der Waals surface area (Å²) in [5.74, 6) is 1.77. The van der Waals surface area contributed by atoms with Crippen LogP contribution in [0.1, 0.15) is 41.4 Å². The molecule has 3 aromatic rings. The number of hydrogen-bond donors (Lipinski definition) is 1. The first-order valence-corrected chi connectivity index (χ1v) is 12.3. The largest absolute Gasteiger partial charge is 0.492 e. The summed E-state index contributed by atoms with van der Waals surface area (Å²) in [5.41, 5.74) is 1.47. The van der Waals surface area contributed by atoms with E-state index in [4.69, 9.17) is 33.2 Å². The zero-order valence-electron chi connectivity index (χ0n) is 21.5. The molecular weight excluding hydrogens is 492 g/mol. The highest BCUT2D eigenvalue weighted by Gasteiger charge is 2.47. The lowest BCUT2D eigenvalue weighted by Crippen LogP contribution is -2.43. The van der Waals surface area contributed by atoms with Crippen LogP contribution in [0.5, 0.6) is 34.5 Å². The molecule has 2 aliphatic heterocycles. The van der Waals surface area contributed by atoms with Crippen LogP contribution in [0.3, 0.4) is 0 Å². The number of ether oxygens (including phenoxy) is 7. The maximum atomic E-state index is 13.3. The molecule has 0 aromatic heterocycles. The topological polar surface area (TPSA) is 102 Å². The molecule has 3 aliphatic rings. The predicted molar refractivity (Wildman–Crippen MR) is 135 cm³/mol. The number of aliphatic hydroxyl groups is 1. The summed E-state index contributed by atoms with van der Waals surface area (Å²) in [6, 6.07) is 12.3. The number of esters is 1. The van der Waals surface area contributed by atoms with E-state index in [9.17, 15) is 9.90 Å². The molecule has 0 saturated carbocycles. The van der Waals surface area contributed by atoms with Gasteiger partial charge in [-0.15, -0.1) is 0 Å². The molecule has 9 nitrogen and oxygen atoms in total. The molecule has 0 amide bonds. The van der Waals surface area contributed by atoms with E-state index in [1.54, 1.807) is 44.4 Å². The van der Waals surface area contributed by atoms with Crippen LogP contribution in [0.25, 0.3) is 11.1 Å². The minimum Gasteiger partial charge on any atom is -0.492 e. The lowest BCUT2D eigenvalue weighted by Gasteiger charge is -2.41. The van der Waals surface area contributed by atoms with E-state index >= 15 is 0 Å². The fourth-order valence-electron chi connectivity index (χ4n) is 5.43. The van der Waals surface area contributed by atoms with Gasteiger partial charge in [0, 0.05) is 16.7 Å². The Morgan fingerprint density at radius 2 is 1.53 bits per heavy atom. The van der Waals surface area contributed by atoms with Crippen LogP contribution >= 0.6 is 0 Å². The van der Waals surface area contributed by atoms with Crippen molar-refractivity contribution in [1.82, 2.24) is 0 Å². The highest BCUT2D eigenvalue weighted by atomic mass is 16.7. The van der Waals surface area contributed by atoms with E-state index in [0.717, 1.165) is 5.56 Å². The summed E-state index contributed by atoms with van der Waals surface area (Å²) in [5, 5.41) is 12.0. The second kappa shape index (κ2) is 9.02. The zero-order valence-corrected chi connectivity index (χ0v) is 21.5. The van der Waals surface area contributed by atoms with E-state index in [-0.39, 0.29) is 19.5 Å². The first-order valence-electron chi connectivity index (χ1n) is 12.3. The van der Waals surface area contributed by atoms with E-state index in [1.807, 2.05) is 19.1 Å². The molecule has 0 fully saturated rings. The van der Waals surface area contributed by atoms with Gasteiger partial charge in [-0.05, 0) is 49.1 Å². The van der Waals surface area contributed by atoms with Crippen LogP contribution in [0.2, 0.25) is 0 Å². The van der Waals surface area contributed by atoms with Gasteiger partial charge in [0.2, 0.25) is 25.1 Å².